The van der Waals surface area contributed by atoms with Gasteiger partial charge in [0.25, 0.3) is 0 Å². The summed E-state index contributed by atoms with van der Waals surface area (Å²) < 4.78 is 2.07. The molecule has 2 N–H and O–H groups in total. The van der Waals surface area contributed by atoms with Crippen molar-refractivity contribution in [2.45, 2.75) is 31.7 Å². The molecule has 8 heteroatoms. The zero-order valence-electron chi connectivity index (χ0n) is 17.4. The average Bonchev–Trinajstić information content (AvgIpc) is 3.58. The molecule has 32 heavy (non-hydrogen) atoms. The standard InChI is InChI=1S/C24H22N6O.ClH/c25-14-16-6-7-26-23(10-16)29-24-13-19(17-2-3-17)11-21(28-24)18-4-5-20-22(12-18)30(15-27-20)8-1-9-31;/h4-7,10-13,15,17,31H,1-3,8-9H2,(H,26,28,29);1H. The van der Waals surface area contributed by atoms with Gasteiger partial charge in [0.05, 0.1) is 34.7 Å². The molecule has 1 saturated carbocycles. The Hall–Kier alpha value is -3.47. The van der Waals surface area contributed by atoms with Gasteiger partial charge in [0, 0.05) is 24.9 Å². The lowest BCUT2D eigenvalue weighted by atomic mass is 10.1. The van der Waals surface area contributed by atoms with Crippen LogP contribution in [-0.4, -0.2) is 31.2 Å². The van der Waals surface area contributed by atoms with Crippen LogP contribution < -0.4 is 5.32 Å². The number of anilines is 2. The van der Waals surface area contributed by atoms with Crippen molar-refractivity contribution >= 4 is 35.1 Å². The number of fused-ring (bicyclic) bond motifs is 1. The molecule has 0 bridgehead atoms. The summed E-state index contributed by atoms with van der Waals surface area (Å²) in [5, 5.41) is 21.6. The third kappa shape index (κ3) is 4.57. The smallest absolute Gasteiger partial charge is 0.132 e. The first-order valence-electron chi connectivity index (χ1n) is 10.4. The Kier molecular flexibility index (Phi) is 6.35. The van der Waals surface area contributed by atoms with E-state index in [-0.39, 0.29) is 19.0 Å². The van der Waals surface area contributed by atoms with Gasteiger partial charge in [-0.25, -0.2) is 15.0 Å². The molecular formula is C24H23ClN6O. The number of nitrogens with one attached hydrogen (secondary N) is 1. The van der Waals surface area contributed by atoms with Crippen LogP contribution >= 0.6 is 12.4 Å². The Morgan fingerprint density at radius 1 is 1.09 bits per heavy atom. The van der Waals surface area contributed by atoms with Crippen LogP contribution in [0.2, 0.25) is 0 Å². The second kappa shape index (κ2) is 9.35. The lowest BCUT2D eigenvalue weighted by Gasteiger charge is -2.11. The van der Waals surface area contributed by atoms with Gasteiger partial charge in [-0.2, -0.15) is 5.26 Å². The summed E-state index contributed by atoms with van der Waals surface area (Å²) in [6.07, 6.45) is 6.51. The fourth-order valence-corrected chi connectivity index (χ4v) is 3.75. The average molecular weight is 447 g/mol. The monoisotopic (exact) mass is 446 g/mol. The molecule has 0 unspecified atom stereocenters. The molecule has 0 spiro atoms. The van der Waals surface area contributed by atoms with Crippen molar-refractivity contribution in [1.82, 2.24) is 19.5 Å². The lowest BCUT2D eigenvalue weighted by molar-refractivity contribution is 0.280. The minimum absolute atomic E-state index is 0. The highest BCUT2D eigenvalue weighted by molar-refractivity contribution is 5.85. The number of aliphatic hydroxyl groups is 1. The molecule has 1 fully saturated rings. The number of nitrogens with zero attached hydrogens (tertiary/aromatic N) is 5. The number of imidazole rings is 1. The Labute approximate surface area is 192 Å². The maximum atomic E-state index is 9.17. The molecule has 4 aromatic rings. The van der Waals surface area contributed by atoms with Crippen molar-refractivity contribution in [3.05, 3.63) is 66.1 Å². The zero-order chi connectivity index (χ0) is 21.2. The number of nitriles is 1. The van der Waals surface area contributed by atoms with E-state index in [1.165, 1.54) is 18.4 Å². The van der Waals surface area contributed by atoms with E-state index in [0.717, 1.165) is 34.7 Å². The normalized spacial score (nSPS) is 12.9. The Balaban J connectivity index is 0.00000245. The number of benzene rings is 1. The van der Waals surface area contributed by atoms with E-state index < -0.39 is 0 Å². The molecular weight excluding hydrogens is 424 g/mol. The number of aryl methyl sites for hydroxylation is 1. The van der Waals surface area contributed by atoms with E-state index in [2.05, 4.69) is 44.1 Å². The highest BCUT2D eigenvalue weighted by Crippen LogP contribution is 2.42. The van der Waals surface area contributed by atoms with Crippen LogP contribution in [0.5, 0.6) is 0 Å². The van der Waals surface area contributed by atoms with Gasteiger partial charge in [-0.05, 0) is 67.1 Å². The number of aliphatic hydroxyl groups excluding tert-OH is 1. The Bertz CT molecular complexity index is 1290. The molecule has 0 atom stereocenters. The molecule has 5 rings (SSSR count). The van der Waals surface area contributed by atoms with Crippen LogP contribution in [0, 0.1) is 11.3 Å². The maximum absolute atomic E-state index is 9.17. The van der Waals surface area contributed by atoms with Gasteiger partial charge in [-0.1, -0.05) is 6.07 Å². The summed E-state index contributed by atoms with van der Waals surface area (Å²) in [4.78, 5) is 13.6. The molecule has 162 valence electrons. The van der Waals surface area contributed by atoms with Gasteiger partial charge >= 0.3 is 0 Å². The van der Waals surface area contributed by atoms with Gasteiger partial charge in [0.1, 0.15) is 11.6 Å². The maximum Gasteiger partial charge on any atom is 0.132 e. The minimum Gasteiger partial charge on any atom is -0.396 e. The summed E-state index contributed by atoms with van der Waals surface area (Å²) in [5.74, 6) is 1.89. The first-order valence-corrected chi connectivity index (χ1v) is 10.4. The molecule has 3 heterocycles. The Morgan fingerprint density at radius 3 is 2.75 bits per heavy atom. The second-order valence-corrected chi connectivity index (χ2v) is 7.83. The quantitative estimate of drug-likeness (QED) is 0.423. The molecule has 0 aliphatic heterocycles. The second-order valence-electron chi connectivity index (χ2n) is 7.83. The summed E-state index contributed by atoms with van der Waals surface area (Å²) >= 11 is 0. The van der Waals surface area contributed by atoms with E-state index in [0.29, 0.717) is 23.7 Å². The van der Waals surface area contributed by atoms with Crippen molar-refractivity contribution in [2.24, 2.45) is 0 Å². The first kappa shape index (κ1) is 21.8. The third-order valence-corrected chi connectivity index (χ3v) is 5.52. The molecule has 0 amide bonds. The molecule has 1 aliphatic carbocycles. The molecule has 0 radical (unpaired) electrons. The number of hydrogen-bond acceptors (Lipinski definition) is 6. The van der Waals surface area contributed by atoms with Crippen LogP contribution in [0.4, 0.5) is 11.6 Å². The number of rotatable bonds is 7. The van der Waals surface area contributed by atoms with E-state index in [4.69, 9.17) is 15.4 Å². The minimum atomic E-state index is 0. The van der Waals surface area contributed by atoms with Crippen molar-refractivity contribution in [1.29, 1.82) is 5.26 Å². The van der Waals surface area contributed by atoms with Crippen LogP contribution in [-0.2, 0) is 6.54 Å². The van der Waals surface area contributed by atoms with Crippen molar-refractivity contribution in [2.75, 3.05) is 11.9 Å². The van der Waals surface area contributed by atoms with Gasteiger partial charge in [-0.3, -0.25) is 0 Å². The third-order valence-electron chi connectivity index (χ3n) is 5.52. The van der Waals surface area contributed by atoms with Crippen LogP contribution in [0.3, 0.4) is 0 Å². The predicted octanol–water partition coefficient (Wildman–Crippen LogP) is 4.79. The van der Waals surface area contributed by atoms with Gasteiger partial charge < -0.3 is 15.0 Å². The zero-order valence-corrected chi connectivity index (χ0v) is 18.2. The van der Waals surface area contributed by atoms with E-state index in [9.17, 15) is 0 Å². The van der Waals surface area contributed by atoms with Crippen LogP contribution in [0.1, 0.15) is 36.3 Å². The number of halogens is 1. The topological polar surface area (TPSA) is 99.7 Å². The lowest BCUT2D eigenvalue weighted by Crippen LogP contribution is -2.00. The fraction of sp³-hybridized carbons (Fsp3) is 0.250. The first-order chi connectivity index (χ1) is 15.2. The summed E-state index contributed by atoms with van der Waals surface area (Å²) in [5.41, 5.74) is 5.68. The molecule has 0 saturated heterocycles. The van der Waals surface area contributed by atoms with Crippen LogP contribution in [0.15, 0.2) is 55.0 Å². The summed E-state index contributed by atoms with van der Waals surface area (Å²) in [6, 6.07) is 15.9. The van der Waals surface area contributed by atoms with Crippen LogP contribution in [0.25, 0.3) is 22.3 Å². The van der Waals surface area contributed by atoms with Crippen molar-refractivity contribution < 1.29 is 5.11 Å². The summed E-state index contributed by atoms with van der Waals surface area (Å²) in [6.45, 7) is 0.875. The number of aromatic nitrogens is 4. The van der Waals surface area contributed by atoms with Gasteiger partial charge in [0.2, 0.25) is 0 Å². The predicted molar refractivity (Wildman–Crippen MR) is 126 cm³/mol. The number of pyridine rings is 2. The van der Waals surface area contributed by atoms with Gasteiger partial charge in [-0.15, -0.1) is 12.4 Å². The Morgan fingerprint density at radius 2 is 1.97 bits per heavy atom. The van der Waals surface area contributed by atoms with E-state index in [1.807, 2.05) is 18.5 Å². The van der Waals surface area contributed by atoms with Crippen molar-refractivity contribution in [3.63, 3.8) is 0 Å². The SMILES string of the molecule is Cl.N#Cc1ccnc(Nc2cc(C3CC3)cc(-c3ccc4ncn(CCCO)c4c3)n2)c1. The fourth-order valence-electron chi connectivity index (χ4n) is 3.75. The van der Waals surface area contributed by atoms with Gasteiger partial charge in [0.15, 0.2) is 0 Å². The molecule has 3 aromatic heterocycles. The molecule has 7 nitrogen and oxygen atoms in total. The van der Waals surface area contributed by atoms with E-state index >= 15 is 0 Å². The number of hydrogen-bond donors (Lipinski definition) is 2. The summed E-state index contributed by atoms with van der Waals surface area (Å²) in [7, 11) is 0. The molecule has 1 aromatic carbocycles. The van der Waals surface area contributed by atoms with Crippen molar-refractivity contribution in [3.8, 4) is 17.3 Å². The highest BCUT2D eigenvalue weighted by Gasteiger charge is 2.25. The van der Waals surface area contributed by atoms with E-state index in [1.54, 1.807) is 18.3 Å². The largest absolute Gasteiger partial charge is 0.396 e. The molecule has 1 aliphatic rings. The highest BCUT2D eigenvalue weighted by atomic mass is 35.5.